The van der Waals surface area contributed by atoms with Crippen molar-refractivity contribution < 1.29 is 17.4 Å². The normalized spacial score (nSPS) is 13.5. The molecule has 0 fully saturated rings. The number of carbonyl (C=O) groups excluding carboxylic acids is 1. The van der Waals surface area contributed by atoms with Gasteiger partial charge in [0.1, 0.15) is 4.88 Å². The highest BCUT2D eigenvalue weighted by atomic mass is 32.2. The van der Waals surface area contributed by atoms with Crippen LogP contribution in [0.3, 0.4) is 0 Å². The second-order valence-corrected chi connectivity index (χ2v) is 11.0. The number of hydrogen-bond donors (Lipinski definition) is 1. The van der Waals surface area contributed by atoms with Gasteiger partial charge in [-0.15, -0.1) is 11.3 Å². The lowest BCUT2D eigenvalue weighted by Gasteiger charge is -2.08. The molecule has 1 atom stereocenters. The van der Waals surface area contributed by atoms with Crippen molar-refractivity contribution in [2.24, 2.45) is 4.36 Å². The lowest BCUT2D eigenvalue weighted by Crippen LogP contribution is -2.14. The zero-order valence-corrected chi connectivity index (χ0v) is 17.6. The SMILES string of the molecule is Cc1ccc(S(=O)(=O)Nc2ccsc2C(=O)N=S(C)(=O)c2ccccc2)cc1. The number of nitrogens with zero attached hydrogens (tertiary/aromatic N) is 1. The Hall–Kier alpha value is -2.49. The summed E-state index contributed by atoms with van der Waals surface area (Å²) in [6.45, 7) is 1.86. The molecule has 28 heavy (non-hydrogen) atoms. The molecule has 146 valence electrons. The predicted octanol–water partition coefficient (Wildman–Crippen LogP) is 4.15. The number of aryl methyl sites for hydroxylation is 1. The minimum absolute atomic E-state index is 0.0844. The largest absolute Gasteiger partial charge is 0.297 e. The van der Waals surface area contributed by atoms with Gasteiger partial charge >= 0.3 is 0 Å². The molecule has 6 nitrogen and oxygen atoms in total. The van der Waals surface area contributed by atoms with Crippen LogP contribution in [0.15, 0.2) is 80.2 Å². The number of amides is 1. The Morgan fingerprint density at radius 1 is 0.929 bits per heavy atom. The summed E-state index contributed by atoms with van der Waals surface area (Å²) in [5, 5.41) is 1.58. The number of benzene rings is 2. The van der Waals surface area contributed by atoms with Gasteiger partial charge in [-0.25, -0.2) is 12.6 Å². The minimum atomic E-state index is -3.86. The van der Waals surface area contributed by atoms with Crippen molar-refractivity contribution in [1.82, 2.24) is 0 Å². The van der Waals surface area contributed by atoms with E-state index in [-0.39, 0.29) is 15.5 Å². The van der Waals surface area contributed by atoms with Gasteiger partial charge in [-0.1, -0.05) is 35.9 Å². The van der Waals surface area contributed by atoms with Crippen LogP contribution < -0.4 is 4.72 Å². The summed E-state index contributed by atoms with van der Waals surface area (Å²) in [4.78, 5) is 13.2. The van der Waals surface area contributed by atoms with Gasteiger partial charge in [0.05, 0.1) is 20.3 Å². The lowest BCUT2D eigenvalue weighted by molar-refractivity contribution is 0.101. The van der Waals surface area contributed by atoms with Crippen molar-refractivity contribution in [3.05, 3.63) is 76.5 Å². The lowest BCUT2D eigenvalue weighted by atomic mass is 10.2. The van der Waals surface area contributed by atoms with Crippen molar-refractivity contribution in [2.45, 2.75) is 16.7 Å². The van der Waals surface area contributed by atoms with E-state index in [1.807, 2.05) is 6.92 Å². The molecule has 1 heterocycles. The molecule has 0 bridgehead atoms. The van der Waals surface area contributed by atoms with Crippen molar-refractivity contribution in [3.63, 3.8) is 0 Å². The zero-order valence-electron chi connectivity index (χ0n) is 15.2. The first-order valence-corrected chi connectivity index (χ1v) is 12.5. The first kappa shape index (κ1) is 20.2. The first-order valence-electron chi connectivity index (χ1n) is 8.17. The Morgan fingerprint density at radius 2 is 1.57 bits per heavy atom. The van der Waals surface area contributed by atoms with Crippen molar-refractivity contribution >= 4 is 42.7 Å². The second-order valence-electron chi connectivity index (χ2n) is 6.09. The van der Waals surface area contributed by atoms with Gasteiger partial charge in [0, 0.05) is 11.2 Å². The Kier molecular flexibility index (Phi) is 5.69. The fourth-order valence-corrected chi connectivity index (χ4v) is 5.50. The van der Waals surface area contributed by atoms with Crippen LogP contribution in [0.25, 0.3) is 0 Å². The summed E-state index contributed by atoms with van der Waals surface area (Å²) in [6, 6.07) is 16.3. The van der Waals surface area contributed by atoms with Gasteiger partial charge in [0.25, 0.3) is 15.9 Å². The molecule has 1 amide bonds. The van der Waals surface area contributed by atoms with E-state index in [0.717, 1.165) is 16.9 Å². The molecule has 0 spiro atoms. The average molecular weight is 435 g/mol. The standard InChI is InChI=1S/C19H18N2O4S3/c1-14-8-10-16(11-9-14)28(24,25)20-17-12-13-26-18(17)19(22)21-27(2,23)15-6-4-3-5-7-15/h3-13,20H,1-2H3. The van der Waals surface area contributed by atoms with E-state index in [4.69, 9.17) is 0 Å². The number of nitrogens with one attached hydrogen (secondary N) is 1. The van der Waals surface area contributed by atoms with Crippen LogP contribution in [0.4, 0.5) is 5.69 Å². The third kappa shape index (κ3) is 4.49. The van der Waals surface area contributed by atoms with Gasteiger partial charge in [0.15, 0.2) is 0 Å². The quantitative estimate of drug-likeness (QED) is 0.653. The Morgan fingerprint density at radius 3 is 2.21 bits per heavy atom. The van der Waals surface area contributed by atoms with Crippen LogP contribution in [0.1, 0.15) is 15.2 Å². The number of hydrogen-bond acceptors (Lipinski definition) is 5. The molecule has 9 heteroatoms. The maximum Gasteiger partial charge on any atom is 0.297 e. The summed E-state index contributed by atoms with van der Waals surface area (Å²) in [7, 11) is -6.81. The fourth-order valence-electron chi connectivity index (χ4n) is 2.40. The summed E-state index contributed by atoms with van der Waals surface area (Å²) in [5.41, 5.74) is 1.05. The number of anilines is 1. The van der Waals surface area contributed by atoms with E-state index in [0.29, 0.717) is 4.90 Å². The van der Waals surface area contributed by atoms with E-state index in [9.17, 15) is 17.4 Å². The van der Waals surface area contributed by atoms with Crippen molar-refractivity contribution in [2.75, 3.05) is 11.0 Å². The second kappa shape index (κ2) is 7.86. The molecule has 3 aromatic rings. The first-order chi connectivity index (χ1) is 13.2. The fraction of sp³-hybridized carbons (Fsp3) is 0.105. The van der Waals surface area contributed by atoms with Crippen LogP contribution in [0, 0.1) is 6.92 Å². The monoisotopic (exact) mass is 434 g/mol. The molecule has 0 saturated carbocycles. The molecule has 1 N–H and O–H groups in total. The molecular weight excluding hydrogens is 416 g/mol. The molecule has 0 aliphatic carbocycles. The van der Waals surface area contributed by atoms with Crippen molar-refractivity contribution in [1.29, 1.82) is 0 Å². The van der Waals surface area contributed by atoms with Crippen LogP contribution in [0.5, 0.6) is 0 Å². The van der Waals surface area contributed by atoms with Crippen LogP contribution >= 0.6 is 11.3 Å². The molecule has 3 rings (SSSR count). The molecule has 1 aromatic heterocycles. The van der Waals surface area contributed by atoms with Gasteiger partial charge in [-0.2, -0.15) is 4.36 Å². The van der Waals surface area contributed by atoms with E-state index in [2.05, 4.69) is 9.08 Å². The van der Waals surface area contributed by atoms with Gasteiger partial charge in [-0.3, -0.25) is 9.52 Å². The van der Waals surface area contributed by atoms with E-state index >= 15 is 0 Å². The predicted molar refractivity (Wildman–Crippen MR) is 112 cm³/mol. The van der Waals surface area contributed by atoms with Gasteiger partial charge < -0.3 is 0 Å². The van der Waals surface area contributed by atoms with Gasteiger partial charge in [-0.05, 0) is 42.6 Å². The van der Waals surface area contributed by atoms with Crippen LogP contribution in [0.2, 0.25) is 0 Å². The molecule has 0 saturated heterocycles. The van der Waals surface area contributed by atoms with E-state index < -0.39 is 25.7 Å². The topological polar surface area (TPSA) is 92.7 Å². The minimum Gasteiger partial charge on any atom is -0.278 e. The number of sulfonamides is 1. The highest BCUT2D eigenvalue weighted by Crippen LogP contribution is 2.27. The molecular formula is C19H18N2O4S3. The highest BCUT2D eigenvalue weighted by molar-refractivity contribution is 7.93. The van der Waals surface area contributed by atoms with E-state index in [1.165, 1.54) is 24.5 Å². The summed E-state index contributed by atoms with van der Waals surface area (Å²) >= 11 is 1.04. The van der Waals surface area contributed by atoms with Gasteiger partial charge in [0.2, 0.25) is 0 Å². The Labute approximate surface area is 168 Å². The maximum atomic E-state index is 12.8. The van der Waals surface area contributed by atoms with Crippen molar-refractivity contribution in [3.8, 4) is 0 Å². The molecule has 2 aromatic carbocycles. The van der Waals surface area contributed by atoms with E-state index in [1.54, 1.807) is 47.8 Å². The average Bonchev–Trinajstić information content (AvgIpc) is 3.10. The maximum absolute atomic E-state index is 12.8. The number of thiophene rings is 1. The summed E-state index contributed by atoms with van der Waals surface area (Å²) in [5.74, 6) is -0.729. The molecule has 0 aliphatic rings. The molecule has 0 aliphatic heterocycles. The highest BCUT2D eigenvalue weighted by Gasteiger charge is 2.21. The summed E-state index contributed by atoms with van der Waals surface area (Å²) in [6.07, 6.45) is 1.38. The molecule has 1 unspecified atom stereocenters. The Bertz CT molecular complexity index is 1220. The third-order valence-corrected chi connectivity index (χ3v) is 7.82. The smallest absolute Gasteiger partial charge is 0.278 e. The van der Waals surface area contributed by atoms with Crippen LogP contribution in [-0.2, 0) is 19.8 Å². The summed E-state index contributed by atoms with van der Waals surface area (Å²) < 4.78 is 44.3. The third-order valence-electron chi connectivity index (χ3n) is 3.87. The molecule has 0 radical (unpaired) electrons. The Balaban J connectivity index is 1.92. The number of carbonyl (C=O) groups is 1. The number of rotatable bonds is 5. The zero-order chi connectivity index (χ0) is 20.4. The van der Waals surface area contributed by atoms with Crippen LogP contribution in [-0.4, -0.2) is 24.8 Å².